The van der Waals surface area contributed by atoms with Gasteiger partial charge in [0.2, 0.25) is 5.91 Å². The van der Waals surface area contributed by atoms with Gasteiger partial charge >= 0.3 is 0 Å². The molecular formula is C22H20BrN3O4. The monoisotopic (exact) mass is 469 g/mol. The number of fused-ring (bicyclic) bond motifs is 1. The number of hydrogen-bond donors (Lipinski definition) is 2. The number of furan rings is 1. The van der Waals surface area contributed by atoms with Crippen LogP contribution < -0.4 is 11.1 Å². The van der Waals surface area contributed by atoms with E-state index in [0.29, 0.717) is 42.8 Å². The number of nitrogens with two attached hydrogens (primary N) is 1. The van der Waals surface area contributed by atoms with Crippen LogP contribution in [0.15, 0.2) is 57.4 Å². The van der Waals surface area contributed by atoms with Gasteiger partial charge in [-0.1, -0.05) is 28.1 Å². The zero-order chi connectivity index (χ0) is 21.3. The molecule has 0 bridgehead atoms. The summed E-state index contributed by atoms with van der Waals surface area (Å²) in [4.78, 5) is 38.8. The zero-order valence-electron chi connectivity index (χ0n) is 16.1. The van der Waals surface area contributed by atoms with Crippen LogP contribution in [0.2, 0.25) is 0 Å². The summed E-state index contributed by atoms with van der Waals surface area (Å²) in [6.45, 7) is 0.903. The van der Waals surface area contributed by atoms with Crippen LogP contribution in [0.1, 0.15) is 33.8 Å². The van der Waals surface area contributed by atoms with Crippen LogP contribution in [0.3, 0.4) is 0 Å². The van der Waals surface area contributed by atoms with Gasteiger partial charge in [-0.15, -0.1) is 0 Å². The molecule has 2 heterocycles. The molecule has 3 amide bonds. The summed E-state index contributed by atoms with van der Waals surface area (Å²) in [5, 5.41) is 3.59. The summed E-state index contributed by atoms with van der Waals surface area (Å²) in [5.41, 5.74) is 6.77. The smallest absolute Gasteiger partial charge is 0.291 e. The molecule has 0 atom stereocenters. The first-order valence-corrected chi connectivity index (χ1v) is 10.4. The van der Waals surface area contributed by atoms with Crippen molar-refractivity contribution in [1.82, 2.24) is 4.90 Å². The second-order valence-electron chi connectivity index (χ2n) is 7.26. The van der Waals surface area contributed by atoms with E-state index in [1.807, 2.05) is 12.1 Å². The topological polar surface area (TPSA) is 106 Å². The fourth-order valence-electron chi connectivity index (χ4n) is 3.63. The lowest BCUT2D eigenvalue weighted by atomic mass is 9.95. The fourth-order valence-corrected chi connectivity index (χ4v) is 4.00. The number of nitrogens with one attached hydrogen (secondary N) is 1. The molecule has 4 rings (SSSR count). The molecule has 0 radical (unpaired) electrons. The lowest BCUT2D eigenvalue weighted by Crippen LogP contribution is -2.42. The van der Waals surface area contributed by atoms with Gasteiger partial charge in [0, 0.05) is 28.9 Å². The molecule has 1 fully saturated rings. The minimum atomic E-state index is -0.435. The zero-order valence-corrected chi connectivity index (χ0v) is 17.6. The third-order valence-electron chi connectivity index (χ3n) is 5.29. The van der Waals surface area contributed by atoms with E-state index >= 15 is 0 Å². The number of primary amides is 1. The largest absolute Gasteiger partial charge is 0.451 e. The van der Waals surface area contributed by atoms with Crippen LogP contribution in [0, 0.1) is 5.92 Å². The van der Waals surface area contributed by atoms with Gasteiger partial charge in [-0.05, 0) is 49.2 Å². The van der Waals surface area contributed by atoms with E-state index in [1.165, 1.54) is 0 Å². The van der Waals surface area contributed by atoms with Crippen LogP contribution in [0.25, 0.3) is 11.0 Å². The van der Waals surface area contributed by atoms with Crippen LogP contribution in [0.4, 0.5) is 5.69 Å². The number of piperidine rings is 1. The number of amides is 3. The predicted octanol–water partition coefficient (Wildman–Crippen LogP) is 3.79. The summed E-state index contributed by atoms with van der Waals surface area (Å²) < 4.78 is 6.52. The molecule has 3 N–H and O–H groups in total. The SMILES string of the molecule is NC(=O)C1CCN(C(=O)c2ccccc2NC(=O)c2cc3cc(Br)ccc3o2)CC1. The summed E-state index contributed by atoms with van der Waals surface area (Å²) >= 11 is 3.40. The highest BCUT2D eigenvalue weighted by atomic mass is 79.9. The molecule has 2 aromatic carbocycles. The fraction of sp³-hybridized carbons (Fsp3) is 0.227. The van der Waals surface area contributed by atoms with Crippen molar-refractivity contribution in [2.24, 2.45) is 11.7 Å². The molecule has 0 saturated carbocycles. The van der Waals surface area contributed by atoms with E-state index in [9.17, 15) is 14.4 Å². The van der Waals surface area contributed by atoms with E-state index in [1.54, 1.807) is 41.3 Å². The molecule has 3 aromatic rings. The normalized spacial score (nSPS) is 14.6. The van der Waals surface area contributed by atoms with Gasteiger partial charge in [0.05, 0.1) is 11.3 Å². The highest BCUT2D eigenvalue weighted by Crippen LogP contribution is 2.26. The number of halogens is 1. The van der Waals surface area contributed by atoms with Gasteiger partial charge in [-0.3, -0.25) is 14.4 Å². The minimum Gasteiger partial charge on any atom is -0.451 e. The molecule has 0 aliphatic carbocycles. The van der Waals surface area contributed by atoms with E-state index in [-0.39, 0.29) is 23.5 Å². The first kappa shape index (κ1) is 20.2. The van der Waals surface area contributed by atoms with Crippen molar-refractivity contribution in [2.45, 2.75) is 12.8 Å². The Morgan fingerprint density at radius 1 is 1.07 bits per heavy atom. The molecular weight excluding hydrogens is 450 g/mol. The second-order valence-corrected chi connectivity index (χ2v) is 8.18. The number of carbonyl (C=O) groups excluding carboxylic acids is 3. The second kappa shape index (κ2) is 8.31. The molecule has 0 spiro atoms. The Kier molecular flexibility index (Phi) is 5.59. The number of likely N-dealkylation sites (tertiary alicyclic amines) is 1. The number of carbonyl (C=O) groups is 3. The Morgan fingerprint density at radius 3 is 2.53 bits per heavy atom. The average Bonchev–Trinajstić information content (AvgIpc) is 3.17. The molecule has 30 heavy (non-hydrogen) atoms. The van der Waals surface area contributed by atoms with Gasteiger partial charge in [-0.25, -0.2) is 0 Å². The van der Waals surface area contributed by atoms with Crippen molar-refractivity contribution < 1.29 is 18.8 Å². The molecule has 8 heteroatoms. The molecule has 154 valence electrons. The Bertz CT molecular complexity index is 1130. The summed E-state index contributed by atoms with van der Waals surface area (Å²) in [6, 6.07) is 14.0. The van der Waals surface area contributed by atoms with Gasteiger partial charge < -0.3 is 20.4 Å². The van der Waals surface area contributed by atoms with Gasteiger partial charge in [0.15, 0.2) is 5.76 Å². The van der Waals surface area contributed by atoms with E-state index in [2.05, 4.69) is 21.2 Å². The van der Waals surface area contributed by atoms with Gasteiger partial charge in [-0.2, -0.15) is 0 Å². The van der Waals surface area contributed by atoms with Crippen LogP contribution >= 0.6 is 15.9 Å². The van der Waals surface area contributed by atoms with Crippen LogP contribution in [-0.2, 0) is 4.79 Å². The standard InChI is InChI=1S/C22H20BrN3O4/c23-15-5-6-18-14(11-15)12-19(30-18)21(28)25-17-4-2-1-3-16(17)22(29)26-9-7-13(8-10-26)20(24)27/h1-6,11-13H,7-10H2,(H2,24,27)(H,25,28). The molecule has 0 unspecified atom stereocenters. The first-order chi connectivity index (χ1) is 14.4. The lowest BCUT2D eigenvalue weighted by molar-refractivity contribution is -0.123. The van der Waals surface area contributed by atoms with Crippen molar-refractivity contribution in [3.8, 4) is 0 Å². The highest BCUT2D eigenvalue weighted by Gasteiger charge is 2.28. The van der Waals surface area contributed by atoms with E-state index < -0.39 is 5.91 Å². The average molecular weight is 470 g/mol. The Labute approximate surface area is 181 Å². The summed E-state index contributed by atoms with van der Waals surface area (Å²) in [5.74, 6) is -0.991. The van der Waals surface area contributed by atoms with Crippen molar-refractivity contribution >= 4 is 50.3 Å². The van der Waals surface area contributed by atoms with Crippen LogP contribution in [0.5, 0.6) is 0 Å². The molecule has 1 saturated heterocycles. The Balaban J connectivity index is 1.52. The summed E-state index contributed by atoms with van der Waals surface area (Å²) in [6.07, 6.45) is 1.09. The third-order valence-corrected chi connectivity index (χ3v) is 5.79. The maximum atomic E-state index is 13.0. The number of rotatable bonds is 4. The van der Waals surface area contributed by atoms with E-state index in [0.717, 1.165) is 9.86 Å². The number of para-hydroxylation sites is 1. The quantitative estimate of drug-likeness (QED) is 0.605. The highest BCUT2D eigenvalue weighted by molar-refractivity contribution is 9.10. The number of hydrogen-bond acceptors (Lipinski definition) is 4. The van der Waals surface area contributed by atoms with Crippen molar-refractivity contribution in [2.75, 3.05) is 18.4 Å². The van der Waals surface area contributed by atoms with E-state index in [4.69, 9.17) is 10.2 Å². The minimum absolute atomic E-state index is 0.160. The maximum absolute atomic E-state index is 13.0. The van der Waals surface area contributed by atoms with Crippen molar-refractivity contribution in [1.29, 1.82) is 0 Å². The lowest BCUT2D eigenvalue weighted by Gasteiger charge is -2.31. The number of nitrogens with zero attached hydrogens (tertiary/aromatic N) is 1. The number of benzene rings is 2. The molecule has 1 aromatic heterocycles. The molecule has 1 aliphatic rings. The molecule has 1 aliphatic heterocycles. The summed E-state index contributed by atoms with van der Waals surface area (Å²) in [7, 11) is 0. The molecule has 7 nitrogen and oxygen atoms in total. The predicted molar refractivity (Wildman–Crippen MR) is 116 cm³/mol. The van der Waals surface area contributed by atoms with Crippen LogP contribution in [-0.4, -0.2) is 35.7 Å². The Hall–Kier alpha value is -3.13. The third kappa shape index (κ3) is 4.09. The Morgan fingerprint density at radius 2 is 1.80 bits per heavy atom. The first-order valence-electron chi connectivity index (χ1n) is 9.60. The van der Waals surface area contributed by atoms with Gasteiger partial charge in [0.25, 0.3) is 11.8 Å². The van der Waals surface area contributed by atoms with Gasteiger partial charge in [0.1, 0.15) is 5.58 Å². The van der Waals surface area contributed by atoms with Crippen molar-refractivity contribution in [3.05, 3.63) is 64.3 Å². The maximum Gasteiger partial charge on any atom is 0.291 e. The van der Waals surface area contributed by atoms with Crippen molar-refractivity contribution in [3.63, 3.8) is 0 Å². The number of anilines is 1.